The quantitative estimate of drug-likeness (QED) is 0.880. The first kappa shape index (κ1) is 18.4. The van der Waals surface area contributed by atoms with Crippen LogP contribution in [0.15, 0.2) is 12.5 Å². The molecule has 0 bridgehead atoms. The van der Waals surface area contributed by atoms with Crippen molar-refractivity contribution in [2.75, 3.05) is 46.0 Å². The van der Waals surface area contributed by atoms with Crippen molar-refractivity contribution in [2.45, 2.75) is 44.7 Å². The van der Waals surface area contributed by atoms with Crippen LogP contribution in [0.2, 0.25) is 0 Å². The highest BCUT2D eigenvalue weighted by Crippen LogP contribution is 2.45. The molecule has 0 saturated carbocycles. The number of aliphatic hydroxyl groups is 1. The molecule has 0 aliphatic carbocycles. The lowest BCUT2D eigenvalue weighted by Gasteiger charge is -2.52. The molecular formula is C20H34N4O2. The van der Waals surface area contributed by atoms with E-state index in [4.69, 9.17) is 4.74 Å². The molecule has 4 rings (SSSR count). The first-order valence-electron chi connectivity index (χ1n) is 10.3. The molecule has 146 valence electrons. The molecule has 4 heterocycles. The van der Waals surface area contributed by atoms with Crippen LogP contribution >= 0.6 is 0 Å². The molecule has 3 aliphatic rings. The van der Waals surface area contributed by atoms with Gasteiger partial charge in [-0.3, -0.25) is 4.90 Å². The van der Waals surface area contributed by atoms with Crippen LogP contribution in [-0.4, -0.2) is 76.5 Å². The first-order valence-corrected chi connectivity index (χ1v) is 10.3. The summed E-state index contributed by atoms with van der Waals surface area (Å²) in [4.78, 5) is 9.44. The molecule has 6 heteroatoms. The fourth-order valence-corrected chi connectivity index (χ4v) is 5.39. The Balaban J connectivity index is 1.35. The second kappa shape index (κ2) is 7.97. The van der Waals surface area contributed by atoms with Gasteiger partial charge in [0.2, 0.25) is 0 Å². The molecule has 0 unspecified atom stereocenters. The highest BCUT2D eigenvalue weighted by atomic mass is 16.5. The van der Waals surface area contributed by atoms with Gasteiger partial charge in [0.05, 0.1) is 12.0 Å². The molecule has 3 fully saturated rings. The van der Waals surface area contributed by atoms with Crippen LogP contribution in [0.5, 0.6) is 0 Å². The van der Waals surface area contributed by atoms with Crippen LogP contribution < -0.4 is 0 Å². The van der Waals surface area contributed by atoms with E-state index in [2.05, 4.69) is 26.4 Å². The number of hydrogen-bond acceptors (Lipinski definition) is 5. The van der Waals surface area contributed by atoms with Gasteiger partial charge in [-0.25, -0.2) is 4.98 Å². The largest absolute Gasteiger partial charge is 0.396 e. The predicted molar refractivity (Wildman–Crippen MR) is 101 cm³/mol. The fraction of sp³-hybridized carbons (Fsp3) is 0.850. The summed E-state index contributed by atoms with van der Waals surface area (Å²) in [5, 5.41) is 10.1. The lowest BCUT2D eigenvalue weighted by Crippen LogP contribution is -2.55. The van der Waals surface area contributed by atoms with Crippen molar-refractivity contribution in [1.82, 2.24) is 19.4 Å². The van der Waals surface area contributed by atoms with E-state index in [1.54, 1.807) is 0 Å². The topological polar surface area (TPSA) is 53.8 Å². The molecule has 1 N–H and O–H groups in total. The Morgan fingerprint density at radius 3 is 2.58 bits per heavy atom. The number of nitrogens with zero attached hydrogens (tertiary/aromatic N) is 4. The van der Waals surface area contributed by atoms with Crippen molar-refractivity contribution >= 4 is 0 Å². The molecular weight excluding hydrogens is 328 g/mol. The predicted octanol–water partition coefficient (Wildman–Crippen LogP) is 1.50. The Bertz CT molecular complexity index is 576. The summed E-state index contributed by atoms with van der Waals surface area (Å²) in [7, 11) is 2.06. The van der Waals surface area contributed by atoms with Crippen molar-refractivity contribution in [3.8, 4) is 0 Å². The number of rotatable bonds is 4. The molecule has 1 spiro atoms. The molecule has 1 aromatic heterocycles. The number of hydrogen-bond donors (Lipinski definition) is 1. The van der Waals surface area contributed by atoms with Crippen molar-refractivity contribution in [3.05, 3.63) is 18.2 Å². The van der Waals surface area contributed by atoms with Gasteiger partial charge in [-0.1, -0.05) is 0 Å². The highest BCUT2D eigenvalue weighted by molar-refractivity contribution is 5.01. The lowest BCUT2D eigenvalue weighted by atomic mass is 9.64. The molecule has 0 aromatic carbocycles. The van der Waals surface area contributed by atoms with Gasteiger partial charge in [-0.05, 0) is 57.2 Å². The Labute approximate surface area is 157 Å². The number of likely N-dealkylation sites (tertiary alicyclic amines) is 2. The van der Waals surface area contributed by atoms with E-state index in [9.17, 15) is 5.11 Å². The van der Waals surface area contributed by atoms with E-state index in [-0.39, 0.29) is 0 Å². The molecule has 26 heavy (non-hydrogen) atoms. The minimum atomic E-state index is 0.319. The van der Waals surface area contributed by atoms with Gasteiger partial charge < -0.3 is 19.3 Å². The molecule has 3 saturated heterocycles. The maximum absolute atomic E-state index is 10.1. The van der Waals surface area contributed by atoms with Gasteiger partial charge in [-0.15, -0.1) is 0 Å². The summed E-state index contributed by atoms with van der Waals surface area (Å²) in [6.45, 7) is 7.66. The standard InChI is InChI=1S/C20H34N4O2/c1-22-16-21-12-19(22)14-23-7-4-20(17(13-23)15-25)5-8-24(9-6-20)18-2-10-26-11-3-18/h12,16-18,25H,2-11,13-15H2,1H3/t17-/m1/s1. The van der Waals surface area contributed by atoms with E-state index in [1.165, 1.54) is 50.9 Å². The Kier molecular flexibility index (Phi) is 5.64. The summed E-state index contributed by atoms with van der Waals surface area (Å²) in [6, 6.07) is 0.721. The van der Waals surface area contributed by atoms with E-state index in [1.807, 2.05) is 12.5 Å². The van der Waals surface area contributed by atoms with Crippen molar-refractivity contribution in [2.24, 2.45) is 18.4 Å². The number of piperidine rings is 2. The number of ether oxygens (including phenoxy) is 1. The normalized spacial score (nSPS) is 28.6. The second-order valence-corrected chi connectivity index (χ2v) is 8.60. The number of aliphatic hydroxyl groups excluding tert-OH is 1. The van der Waals surface area contributed by atoms with Gasteiger partial charge in [0.1, 0.15) is 0 Å². The maximum atomic E-state index is 10.1. The smallest absolute Gasteiger partial charge is 0.0945 e. The third kappa shape index (κ3) is 3.70. The van der Waals surface area contributed by atoms with Gasteiger partial charge in [0.25, 0.3) is 0 Å². The molecule has 0 radical (unpaired) electrons. The van der Waals surface area contributed by atoms with Crippen LogP contribution in [0.3, 0.4) is 0 Å². The average molecular weight is 363 g/mol. The van der Waals surface area contributed by atoms with Crippen LogP contribution in [0, 0.1) is 11.3 Å². The molecule has 3 aliphatic heterocycles. The average Bonchev–Trinajstić information content (AvgIpc) is 3.09. The maximum Gasteiger partial charge on any atom is 0.0945 e. The van der Waals surface area contributed by atoms with Crippen LogP contribution in [0.25, 0.3) is 0 Å². The minimum absolute atomic E-state index is 0.319. The summed E-state index contributed by atoms with van der Waals surface area (Å²) in [5.74, 6) is 0.404. The molecule has 1 atom stereocenters. The zero-order valence-corrected chi connectivity index (χ0v) is 16.1. The van der Waals surface area contributed by atoms with Crippen molar-refractivity contribution < 1.29 is 9.84 Å². The Morgan fingerprint density at radius 2 is 1.92 bits per heavy atom. The van der Waals surface area contributed by atoms with Gasteiger partial charge in [0, 0.05) is 58.1 Å². The van der Waals surface area contributed by atoms with Gasteiger partial charge in [0.15, 0.2) is 0 Å². The van der Waals surface area contributed by atoms with Crippen molar-refractivity contribution in [1.29, 1.82) is 0 Å². The minimum Gasteiger partial charge on any atom is -0.396 e. The van der Waals surface area contributed by atoms with Crippen LogP contribution in [0.1, 0.15) is 37.8 Å². The summed E-state index contributed by atoms with van der Waals surface area (Å²) in [6.07, 6.45) is 9.92. The highest BCUT2D eigenvalue weighted by Gasteiger charge is 2.45. The summed E-state index contributed by atoms with van der Waals surface area (Å²) in [5.41, 5.74) is 1.60. The molecule has 1 aromatic rings. The van der Waals surface area contributed by atoms with E-state index >= 15 is 0 Å². The zero-order valence-electron chi connectivity index (χ0n) is 16.1. The van der Waals surface area contributed by atoms with E-state index in [0.29, 0.717) is 17.9 Å². The monoisotopic (exact) mass is 362 g/mol. The van der Waals surface area contributed by atoms with Crippen LogP contribution in [0.4, 0.5) is 0 Å². The van der Waals surface area contributed by atoms with E-state index in [0.717, 1.165) is 38.9 Å². The second-order valence-electron chi connectivity index (χ2n) is 8.60. The molecule has 6 nitrogen and oxygen atoms in total. The fourth-order valence-electron chi connectivity index (χ4n) is 5.39. The van der Waals surface area contributed by atoms with Crippen LogP contribution in [-0.2, 0) is 18.3 Å². The molecule has 0 amide bonds. The SMILES string of the molecule is Cn1cncc1CN1CCC2(CCN(C3CCOCC3)CC2)[C@@H](CO)C1. The zero-order chi connectivity index (χ0) is 18.0. The van der Waals surface area contributed by atoms with Crippen molar-refractivity contribution in [3.63, 3.8) is 0 Å². The Morgan fingerprint density at radius 1 is 1.19 bits per heavy atom. The van der Waals surface area contributed by atoms with Gasteiger partial charge in [-0.2, -0.15) is 0 Å². The summed E-state index contributed by atoms with van der Waals surface area (Å²) >= 11 is 0. The third-order valence-corrected chi connectivity index (χ3v) is 7.29. The lowest BCUT2D eigenvalue weighted by molar-refractivity contribution is -0.0604. The summed E-state index contributed by atoms with van der Waals surface area (Å²) < 4.78 is 7.63. The Hall–Kier alpha value is -0.950. The van der Waals surface area contributed by atoms with Gasteiger partial charge >= 0.3 is 0 Å². The third-order valence-electron chi connectivity index (χ3n) is 7.29. The number of imidazole rings is 1. The number of aromatic nitrogens is 2. The number of aryl methyl sites for hydroxylation is 1. The first-order chi connectivity index (χ1) is 12.7. The van der Waals surface area contributed by atoms with E-state index < -0.39 is 0 Å².